The van der Waals surface area contributed by atoms with Gasteiger partial charge < -0.3 is 14.8 Å². The van der Waals surface area contributed by atoms with E-state index in [1.165, 1.54) is 0 Å². The third kappa shape index (κ3) is 8.61. The summed E-state index contributed by atoms with van der Waals surface area (Å²) in [5.41, 5.74) is -0.0821. The van der Waals surface area contributed by atoms with Crippen molar-refractivity contribution < 1.29 is 19.1 Å². The van der Waals surface area contributed by atoms with Crippen LogP contribution in [0.1, 0.15) is 40.5 Å². The van der Waals surface area contributed by atoms with Crippen molar-refractivity contribution in [2.24, 2.45) is 0 Å². The number of carbonyl (C=O) groups is 2. The minimum absolute atomic E-state index is 0.341. The molecule has 0 saturated carbocycles. The molecule has 0 radical (unpaired) electrons. The second-order valence-electron chi connectivity index (χ2n) is 4.86. The van der Waals surface area contributed by atoms with E-state index in [1.807, 2.05) is 0 Å². The molecule has 0 fully saturated rings. The summed E-state index contributed by atoms with van der Waals surface area (Å²) in [6.07, 6.45) is 0.662. The van der Waals surface area contributed by atoms with Gasteiger partial charge in [-0.15, -0.1) is 0 Å². The van der Waals surface area contributed by atoms with Crippen molar-refractivity contribution in [1.29, 1.82) is 0 Å². The number of rotatable bonds is 6. The SMILES string of the molecule is C=C(CCCNC(=O)OC(C)(C)C)C(=O)OCC. The molecule has 0 aliphatic carbocycles. The summed E-state index contributed by atoms with van der Waals surface area (Å²) in [4.78, 5) is 22.5. The molecule has 0 unspecified atom stereocenters. The molecular weight excluding hydrogens is 234 g/mol. The molecule has 0 bridgehead atoms. The van der Waals surface area contributed by atoms with Crippen molar-refractivity contribution in [3.63, 3.8) is 0 Å². The zero-order valence-corrected chi connectivity index (χ0v) is 11.7. The summed E-state index contributed by atoms with van der Waals surface area (Å²) in [5, 5.41) is 2.61. The third-order valence-corrected chi connectivity index (χ3v) is 1.89. The maximum Gasteiger partial charge on any atom is 0.407 e. The maximum absolute atomic E-state index is 11.3. The van der Waals surface area contributed by atoms with Crippen LogP contribution in [0.4, 0.5) is 4.79 Å². The Morgan fingerprint density at radius 2 is 1.89 bits per heavy atom. The molecular formula is C13H23NO4. The van der Waals surface area contributed by atoms with E-state index in [-0.39, 0.29) is 5.97 Å². The predicted octanol–water partition coefficient (Wildman–Crippen LogP) is 2.41. The van der Waals surface area contributed by atoms with Crippen molar-refractivity contribution in [2.45, 2.75) is 46.1 Å². The Kier molecular flexibility index (Phi) is 7.08. The minimum Gasteiger partial charge on any atom is -0.463 e. The molecule has 0 rings (SSSR count). The predicted molar refractivity (Wildman–Crippen MR) is 69.2 cm³/mol. The Morgan fingerprint density at radius 1 is 1.28 bits per heavy atom. The van der Waals surface area contributed by atoms with Crippen molar-refractivity contribution in [1.82, 2.24) is 5.32 Å². The van der Waals surface area contributed by atoms with Crippen LogP contribution in [0, 0.1) is 0 Å². The van der Waals surface area contributed by atoms with Crippen LogP contribution in [0.5, 0.6) is 0 Å². The van der Waals surface area contributed by atoms with Gasteiger partial charge >= 0.3 is 12.1 Å². The van der Waals surface area contributed by atoms with Gasteiger partial charge in [-0.3, -0.25) is 0 Å². The topological polar surface area (TPSA) is 64.6 Å². The molecule has 104 valence electrons. The van der Waals surface area contributed by atoms with Crippen LogP contribution >= 0.6 is 0 Å². The molecule has 0 heterocycles. The molecule has 0 aromatic carbocycles. The number of ether oxygens (including phenoxy) is 2. The zero-order valence-electron chi connectivity index (χ0n) is 11.7. The highest BCUT2D eigenvalue weighted by Crippen LogP contribution is 2.07. The minimum atomic E-state index is -0.501. The molecule has 0 saturated heterocycles. The molecule has 0 spiro atoms. The molecule has 5 nitrogen and oxygen atoms in total. The highest BCUT2D eigenvalue weighted by atomic mass is 16.6. The van der Waals surface area contributed by atoms with Gasteiger partial charge in [-0.1, -0.05) is 6.58 Å². The lowest BCUT2D eigenvalue weighted by Crippen LogP contribution is -2.33. The number of hydrogen-bond acceptors (Lipinski definition) is 4. The Morgan fingerprint density at radius 3 is 2.39 bits per heavy atom. The van der Waals surface area contributed by atoms with Gasteiger partial charge in [-0.2, -0.15) is 0 Å². The quantitative estimate of drug-likeness (QED) is 0.451. The van der Waals surface area contributed by atoms with E-state index in [9.17, 15) is 9.59 Å². The summed E-state index contributed by atoms with van der Waals surface area (Å²) < 4.78 is 9.86. The monoisotopic (exact) mass is 257 g/mol. The van der Waals surface area contributed by atoms with Crippen LogP contribution < -0.4 is 5.32 Å². The number of amides is 1. The molecule has 0 aromatic heterocycles. The highest BCUT2D eigenvalue weighted by molar-refractivity contribution is 5.87. The van der Waals surface area contributed by atoms with Crippen LogP contribution in [0.2, 0.25) is 0 Å². The van der Waals surface area contributed by atoms with Crippen LogP contribution in [0.15, 0.2) is 12.2 Å². The summed E-state index contributed by atoms with van der Waals surface area (Å²) >= 11 is 0. The number of nitrogens with one attached hydrogen (secondary N) is 1. The van der Waals surface area contributed by atoms with Gasteiger partial charge in [0.05, 0.1) is 6.61 Å². The van der Waals surface area contributed by atoms with Crippen molar-refractivity contribution in [3.8, 4) is 0 Å². The molecule has 5 heteroatoms. The van der Waals surface area contributed by atoms with E-state index >= 15 is 0 Å². The average molecular weight is 257 g/mol. The Bertz CT molecular complexity index is 305. The zero-order chi connectivity index (χ0) is 14.2. The summed E-state index contributed by atoms with van der Waals surface area (Å²) in [6, 6.07) is 0. The Balaban J connectivity index is 3.71. The Labute approximate surface area is 109 Å². The first-order valence-corrected chi connectivity index (χ1v) is 6.08. The van der Waals surface area contributed by atoms with Crippen LogP contribution in [0.25, 0.3) is 0 Å². The summed E-state index contributed by atoms with van der Waals surface area (Å²) in [6.45, 7) is 11.6. The van der Waals surface area contributed by atoms with Gasteiger partial charge in [-0.25, -0.2) is 9.59 Å². The van der Waals surface area contributed by atoms with Gasteiger partial charge in [-0.05, 0) is 40.5 Å². The van der Waals surface area contributed by atoms with Gasteiger partial charge in [0.2, 0.25) is 0 Å². The third-order valence-electron chi connectivity index (χ3n) is 1.89. The van der Waals surface area contributed by atoms with Gasteiger partial charge in [0, 0.05) is 12.1 Å². The molecule has 1 amide bonds. The van der Waals surface area contributed by atoms with Crippen LogP contribution in [0.3, 0.4) is 0 Å². The van der Waals surface area contributed by atoms with Crippen LogP contribution in [-0.2, 0) is 14.3 Å². The van der Waals surface area contributed by atoms with Gasteiger partial charge in [0.25, 0.3) is 0 Å². The fourth-order valence-electron chi connectivity index (χ4n) is 1.14. The molecule has 1 N–H and O–H groups in total. The fourth-order valence-corrected chi connectivity index (χ4v) is 1.14. The molecule has 0 atom stereocenters. The fraction of sp³-hybridized carbons (Fsp3) is 0.692. The van der Waals surface area contributed by atoms with Gasteiger partial charge in [0.15, 0.2) is 0 Å². The average Bonchev–Trinajstić information content (AvgIpc) is 2.21. The normalized spacial score (nSPS) is 10.7. The van der Waals surface area contributed by atoms with E-state index < -0.39 is 11.7 Å². The lowest BCUT2D eigenvalue weighted by atomic mass is 10.1. The lowest BCUT2D eigenvalue weighted by Gasteiger charge is -2.19. The molecule has 18 heavy (non-hydrogen) atoms. The lowest BCUT2D eigenvalue weighted by molar-refractivity contribution is -0.138. The highest BCUT2D eigenvalue weighted by Gasteiger charge is 2.15. The number of alkyl carbamates (subject to hydrolysis) is 1. The van der Waals surface area contributed by atoms with Crippen LogP contribution in [-0.4, -0.2) is 30.8 Å². The van der Waals surface area contributed by atoms with Gasteiger partial charge in [0.1, 0.15) is 5.60 Å². The van der Waals surface area contributed by atoms with Crippen molar-refractivity contribution in [3.05, 3.63) is 12.2 Å². The number of hydrogen-bond donors (Lipinski definition) is 1. The van der Waals surface area contributed by atoms with Crippen molar-refractivity contribution >= 4 is 12.1 Å². The standard InChI is InChI=1S/C13H23NO4/c1-6-17-11(15)10(2)8-7-9-14-12(16)18-13(3,4)5/h2,6-9H2,1,3-5H3,(H,14,16). The summed E-state index contributed by atoms with van der Waals surface area (Å²) in [7, 11) is 0. The first-order valence-electron chi connectivity index (χ1n) is 6.08. The molecule has 0 aromatic rings. The molecule has 0 aliphatic rings. The van der Waals surface area contributed by atoms with Crippen molar-refractivity contribution in [2.75, 3.05) is 13.2 Å². The van der Waals surface area contributed by atoms with E-state index in [1.54, 1.807) is 27.7 Å². The smallest absolute Gasteiger partial charge is 0.407 e. The maximum atomic E-state index is 11.3. The van der Waals surface area contributed by atoms with E-state index in [2.05, 4.69) is 11.9 Å². The second-order valence-corrected chi connectivity index (χ2v) is 4.86. The van der Waals surface area contributed by atoms with E-state index in [4.69, 9.17) is 9.47 Å². The van der Waals surface area contributed by atoms with E-state index in [0.29, 0.717) is 31.6 Å². The van der Waals surface area contributed by atoms with E-state index in [0.717, 1.165) is 0 Å². The molecule has 0 aliphatic heterocycles. The first kappa shape index (κ1) is 16.5. The number of esters is 1. The summed E-state index contributed by atoms with van der Waals surface area (Å²) in [5.74, 6) is -0.380. The Hall–Kier alpha value is -1.52. The largest absolute Gasteiger partial charge is 0.463 e. The second kappa shape index (κ2) is 7.74. The first-order chi connectivity index (χ1) is 8.26. The number of carbonyl (C=O) groups excluding carboxylic acids is 2.